The SMILES string of the molecule is COc1cc2c(=O)n(CCN3[C@H](C)CCC[C@@H]3C)cnc2c(OC)c1OC. The summed E-state index contributed by atoms with van der Waals surface area (Å²) in [7, 11) is 4.61. The second-order valence-corrected chi connectivity index (χ2v) is 7.15. The van der Waals surface area contributed by atoms with Crippen LogP contribution in [0, 0.1) is 0 Å². The van der Waals surface area contributed by atoms with Gasteiger partial charge in [0.05, 0.1) is 33.0 Å². The highest BCUT2D eigenvalue weighted by atomic mass is 16.5. The van der Waals surface area contributed by atoms with Crippen LogP contribution in [0.2, 0.25) is 0 Å². The molecule has 2 heterocycles. The van der Waals surface area contributed by atoms with Crippen LogP contribution in [0.5, 0.6) is 17.2 Å². The number of likely N-dealkylation sites (tertiary alicyclic amines) is 1. The van der Waals surface area contributed by atoms with Gasteiger partial charge in [0.25, 0.3) is 5.56 Å². The Morgan fingerprint density at radius 1 is 1.04 bits per heavy atom. The number of aromatic nitrogens is 2. The van der Waals surface area contributed by atoms with Crippen LogP contribution in [0.3, 0.4) is 0 Å². The average Bonchev–Trinajstić information content (AvgIpc) is 2.67. The molecule has 7 heteroatoms. The summed E-state index contributed by atoms with van der Waals surface area (Å²) in [4.78, 5) is 20.0. The van der Waals surface area contributed by atoms with Crippen molar-refractivity contribution < 1.29 is 14.2 Å². The molecular formula is C20H29N3O4. The van der Waals surface area contributed by atoms with E-state index in [9.17, 15) is 4.79 Å². The first-order chi connectivity index (χ1) is 13.0. The Labute approximate surface area is 159 Å². The molecule has 0 N–H and O–H groups in total. The molecule has 3 rings (SSSR count). The minimum Gasteiger partial charge on any atom is -0.493 e. The molecule has 1 saturated heterocycles. The molecule has 0 saturated carbocycles. The highest BCUT2D eigenvalue weighted by Crippen LogP contribution is 2.41. The first-order valence-corrected chi connectivity index (χ1v) is 9.45. The van der Waals surface area contributed by atoms with Crippen molar-refractivity contribution in [2.24, 2.45) is 0 Å². The Morgan fingerprint density at radius 3 is 2.30 bits per heavy atom. The lowest BCUT2D eigenvalue weighted by Crippen LogP contribution is -2.45. The number of piperidine rings is 1. The molecule has 2 atom stereocenters. The first-order valence-electron chi connectivity index (χ1n) is 9.45. The number of nitrogens with zero attached hydrogens (tertiary/aromatic N) is 3. The lowest BCUT2D eigenvalue weighted by atomic mass is 9.98. The summed E-state index contributed by atoms with van der Waals surface area (Å²) >= 11 is 0. The van der Waals surface area contributed by atoms with E-state index in [-0.39, 0.29) is 5.56 Å². The van der Waals surface area contributed by atoms with Crippen LogP contribution >= 0.6 is 0 Å². The predicted molar refractivity (Wildman–Crippen MR) is 105 cm³/mol. The Kier molecular flexibility index (Phi) is 5.89. The third kappa shape index (κ3) is 3.60. The molecule has 0 amide bonds. The number of fused-ring (bicyclic) bond motifs is 1. The third-order valence-corrected chi connectivity index (χ3v) is 5.60. The van der Waals surface area contributed by atoms with Crippen molar-refractivity contribution in [1.82, 2.24) is 14.5 Å². The van der Waals surface area contributed by atoms with Gasteiger partial charge in [-0.2, -0.15) is 0 Å². The Hall–Kier alpha value is -2.28. The van der Waals surface area contributed by atoms with E-state index in [4.69, 9.17) is 14.2 Å². The van der Waals surface area contributed by atoms with Gasteiger partial charge in [0.2, 0.25) is 5.75 Å². The van der Waals surface area contributed by atoms with Crippen LogP contribution in [-0.4, -0.2) is 54.4 Å². The zero-order valence-corrected chi connectivity index (χ0v) is 16.8. The van der Waals surface area contributed by atoms with Gasteiger partial charge in [-0.1, -0.05) is 6.42 Å². The van der Waals surface area contributed by atoms with Crippen LogP contribution in [0.25, 0.3) is 10.9 Å². The van der Waals surface area contributed by atoms with Gasteiger partial charge in [-0.3, -0.25) is 14.3 Å². The summed E-state index contributed by atoms with van der Waals surface area (Å²) in [6, 6.07) is 2.76. The fourth-order valence-corrected chi connectivity index (χ4v) is 4.06. The Morgan fingerprint density at radius 2 is 1.70 bits per heavy atom. The first kappa shape index (κ1) is 19.5. The maximum absolute atomic E-state index is 13.1. The molecule has 0 aliphatic carbocycles. The van der Waals surface area contributed by atoms with Crippen molar-refractivity contribution in [2.75, 3.05) is 27.9 Å². The molecule has 7 nitrogen and oxygen atoms in total. The number of benzene rings is 1. The quantitative estimate of drug-likeness (QED) is 0.773. The molecule has 1 aliphatic heterocycles. The van der Waals surface area contributed by atoms with Gasteiger partial charge in [0.15, 0.2) is 11.5 Å². The van der Waals surface area contributed by atoms with E-state index in [1.54, 1.807) is 17.0 Å². The molecule has 1 aromatic heterocycles. The van der Waals surface area contributed by atoms with Crippen molar-refractivity contribution >= 4 is 10.9 Å². The van der Waals surface area contributed by atoms with Gasteiger partial charge in [-0.05, 0) is 32.8 Å². The molecule has 0 radical (unpaired) electrons. The summed E-state index contributed by atoms with van der Waals surface area (Å²) in [6.45, 7) is 5.96. The molecule has 148 valence electrons. The molecule has 1 aliphatic rings. The van der Waals surface area contributed by atoms with Gasteiger partial charge in [0.1, 0.15) is 5.52 Å². The van der Waals surface area contributed by atoms with Crippen LogP contribution < -0.4 is 19.8 Å². The van der Waals surface area contributed by atoms with Gasteiger partial charge < -0.3 is 14.2 Å². The molecule has 0 bridgehead atoms. The molecule has 0 unspecified atom stereocenters. The van der Waals surface area contributed by atoms with E-state index < -0.39 is 0 Å². The number of rotatable bonds is 6. The smallest absolute Gasteiger partial charge is 0.261 e. The zero-order chi connectivity index (χ0) is 19.6. The molecule has 2 aromatic rings. The standard InChI is InChI=1S/C20H29N3O4/c1-13-7-6-8-14(2)23(13)10-9-22-12-21-17-15(20(22)24)11-16(25-3)18(26-4)19(17)27-5/h11-14H,6-10H2,1-5H3/t13-,14+. The number of methoxy groups -OCH3 is 3. The van der Waals surface area contributed by atoms with Crippen molar-refractivity contribution in [3.8, 4) is 17.2 Å². The van der Waals surface area contributed by atoms with Gasteiger partial charge >= 0.3 is 0 Å². The van der Waals surface area contributed by atoms with Crippen LogP contribution in [0.1, 0.15) is 33.1 Å². The van der Waals surface area contributed by atoms with Gasteiger partial charge in [-0.15, -0.1) is 0 Å². The molecule has 1 aromatic carbocycles. The van der Waals surface area contributed by atoms with Crippen molar-refractivity contribution in [3.63, 3.8) is 0 Å². The van der Waals surface area contributed by atoms with Crippen LogP contribution in [0.15, 0.2) is 17.2 Å². The zero-order valence-electron chi connectivity index (χ0n) is 16.8. The summed E-state index contributed by atoms with van der Waals surface area (Å²) in [5, 5.41) is 0.465. The highest BCUT2D eigenvalue weighted by Gasteiger charge is 2.25. The van der Waals surface area contributed by atoms with E-state index >= 15 is 0 Å². The lowest BCUT2D eigenvalue weighted by molar-refractivity contribution is 0.0987. The number of hydrogen-bond acceptors (Lipinski definition) is 6. The number of ether oxygens (including phenoxy) is 3. The molecule has 0 spiro atoms. The topological polar surface area (TPSA) is 65.8 Å². The van der Waals surface area contributed by atoms with E-state index in [0.29, 0.717) is 46.8 Å². The fraction of sp³-hybridized carbons (Fsp3) is 0.600. The Bertz CT molecular complexity index is 854. The van der Waals surface area contributed by atoms with Gasteiger partial charge in [-0.25, -0.2) is 4.98 Å². The molecule has 27 heavy (non-hydrogen) atoms. The number of hydrogen-bond donors (Lipinski definition) is 0. The highest BCUT2D eigenvalue weighted by molar-refractivity contribution is 5.89. The van der Waals surface area contributed by atoms with Crippen LogP contribution in [-0.2, 0) is 6.54 Å². The van der Waals surface area contributed by atoms with Crippen molar-refractivity contribution in [3.05, 3.63) is 22.7 Å². The van der Waals surface area contributed by atoms with Crippen LogP contribution in [0.4, 0.5) is 0 Å². The maximum atomic E-state index is 13.1. The normalized spacial score (nSPS) is 20.6. The van der Waals surface area contributed by atoms with E-state index in [0.717, 1.165) is 6.54 Å². The monoisotopic (exact) mass is 375 g/mol. The van der Waals surface area contributed by atoms with E-state index in [1.165, 1.54) is 40.6 Å². The largest absolute Gasteiger partial charge is 0.493 e. The summed E-state index contributed by atoms with van der Waals surface area (Å²) in [5.74, 6) is 1.30. The predicted octanol–water partition coefficient (Wildman–Crippen LogP) is 2.69. The molecule has 1 fully saturated rings. The average molecular weight is 375 g/mol. The summed E-state index contributed by atoms with van der Waals surface area (Å²) in [6.07, 6.45) is 5.29. The summed E-state index contributed by atoms with van der Waals surface area (Å²) in [5.41, 5.74) is 0.382. The maximum Gasteiger partial charge on any atom is 0.261 e. The minimum absolute atomic E-state index is 0.100. The van der Waals surface area contributed by atoms with Crippen molar-refractivity contribution in [1.29, 1.82) is 0 Å². The lowest BCUT2D eigenvalue weighted by Gasteiger charge is -2.39. The molecular weight excluding hydrogens is 346 g/mol. The third-order valence-electron chi connectivity index (χ3n) is 5.60. The fourth-order valence-electron chi connectivity index (χ4n) is 4.06. The Balaban J connectivity index is 1.96. The van der Waals surface area contributed by atoms with E-state index in [2.05, 4.69) is 23.7 Å². The second kappa shape index (κ2) is 8.17. The minimum atomic E-state index is -0.100. The van der Waals surface area contributed by atoms with E-state index in [1.807, 2.05) is 0 Å². The summed E-state index contributed by atoms with van der Waals surface area (Å²) < 4.78 is 17.9. The second-order valence-electron chi connectivity index (χ2n) is 7.15. The van der Waals surface area contributed by atoms with Crippen molar-refractivity contribution in [2.45, 2.75) is 51.7 Å². The van der Waals surface area contributed by atoms with Gasteiger partial charge in [0, 0.05) is 25.2 Å².